The molecule has 0 saturated carbocycles. The van der Waals surface area contributed by atoms with Gasteiger partial charge in [0, 0.05) is 55.7 Å². The summed E-state index contributed by atoms with van der Waals surface area (Å²) >= 11 is 0. The third-order valence-corrected chi connectivity index (χ3v) is 0.661. The quantitative estimate of drug-likeness (QED) is 0.527. The molecule has 109 valence electrons. The van der Waals surface area contributed by atoms with Gasteiger partial charge in [0.15, 0.2) is 0 Å². The molecule has 1 aromatic heterocycles. The Balaban J connectivity index is -0.0000000237. The standard InChI is InChI=1S/C6H5N.2C4H9.5V/c1-6-4-2-3-5-7-6;2*1-4(2)3;;;;;/h3-5H,1H2;2*1-3H3;;;;;/q-2;2*-1;;;;2*+2. The Morgan fingerprint density at radius 2 is 1.20 bits per heavy atom. The van der Waals surface area contributed by atoms with Crippen LogP contribution in [0.5, 0.6) is 0 Å². The van der Waals surface area contributed by atoms with E-state index < -0.39 is 0 Å². The monoisotopic (exact) mass is 460 g/mol. The third kappa shape index (κ3) is 72.4. The van der Waals surface area contributed by atoms with Gasteiger partial charge in [0.25, 0.3) is 0 Å². The first-order valence-corrected chi connectivity index (χ1v) is 5.03. The summed E-state index contributed by atoms with van der Waals surface area (Å²) < 4.78 is 0. The summed E-state index contributed by atoms with van der Waals surface area (Å²) in [4.78, 5) is 3.84. The molecular weight excluding hydrogens is 437 g/mol. The molecule has 0 aliphatic rings. The zero-order valence-corrected chi connectivity index (χ0v) is 20.1. The molecule has 0 saturated heterocycles. The Labute approximate surface area is 186 Å². The smallest absolute Gasteiger partial charge is 0.421 e. The molecule has 20 heavy (non-hydrogen) atoms. The molecule has 0 N–H and O–H groups in total. The van der Waals surface area contributed by atoms with E-state index in [-0.39, 0.29) is 92.8 Å². The summed E-state index contributed by atoms with van der Waals surface area (Å²) in [7, 11) is 0. The summed E-state index contributed by atoms with van der Waals surface area (Å²) in [5.41, 5.74) is 0.766. The van der Waals surface area contributed by atoms with Crippen LogP contribution in [-0.4, -0.2) is 4.98 Å². The van der Waals surface area contributed by atoms with Gasteiger partial charge >= 0.3 is 37.1 Å². The Bertz CT molecular complexity index is 207. The molecule has 0 spiro atoms. The minimum absolute atomic E-state index is 0. The van der Waals surface area contributed by atoms with Crippen LogP contribution in [0.3, 0.4) is 0 Å². The Morgan fingerprint density at radius 3 is 1.30 bits per heavy atom. The van der Waals surface area contributed by atoms with Gasteiger partial charge in [-0.3, -0.25) is 13.0 Å². The van der Waals surface area contributed by atoms with E-state index in [0.29, 0.717) is 0 Å². The van der Waals surface area contributed by atoms with Gasteiger partial charge in [-0.2, -0.15) is 47.6 Å². The van der Waals surface area contributed by atoms with Gasteiger partial charge in [-0.15, -0.1) is 0 Å². The Kier molecular flexibility index (Phi) is 70.6. The van der Waals surface area contributed by atoms with Crippen LogP contribution < -0.4 is 0 Å². The number of aromatic nitrogens is 1. The number of hydrogen-bond donors (Lipinski definition) is 0. The van der Waals surface area contributed by atoms with Gasteiger partial charge in [-0.05, 0) is 0 Å². The SMILES string of the molecule is C[C-](C)C.C[C-](C)C.[CH2-]c1c[c-]ccn1.[V+2].[V+2].[V].[V].[V]. The van der Waals surface area contributed by atoms with Crippen molar-refractivity contribution in [3.63, 3.8) is 0 Å². The van der Waals surface area contributed by atoms with Crippen molar-refractivity contribution in [3.8, 4) is 0 Å². The van der Waals surface area contributed by atoms with Crippen LogP contribution in [0, 0.1) is 24.8 Å². The maximum atomic E-state index is 3.84. The summed E-state index contributed by atoms with van der Waals surface area (Å²) in [5.74, 6) is 2.83. The molecule has 1 nitrogen and oxygen atoms in total. The van der Waals surface area contributed by atoms with E-state index in [1.807, 2.05) is 0 Å². The molecule has 1 aromatic rings. The minimum atomic E-state index is 0. The zero-order chi connectivity index (χ0) is 12.3. The minimum Gasteiger partial charge on any atom is -0.421 e. The van der Waals surface area contributed by atoms with Gasteiger partial charge in [-0.1, -0.05) is 6.20 Å². The first kappa shape index (κ1) is 43.1. The van der Waals surface area contributed by atoms with E-state index in [0.717, 1.165) is 5.69 Å². The average Bonchev–Trinajstić information content (AvgIpc) is 2.03. The van der Waals surface area contributed by atoms with Crippen molar-refractivity contribution in [1.29, 1.82) is 0 Å². The van der Waals surface area contributed by atoms with Gasteiger partial charge in [0.2, 0.25) is 0 Å². The van der Waals surface area contributed by atoms with Crippen molar-refractivity contribution >= 4 is 0 Å². The van der Waals surface area contributed by atoms with E-state index in [1.165, 1.54) is 11.8 Å². The number of rotatable bonds is 0. The maximum Gasteiger partial charge on any atom is 2.00 e. The average molecular weight is 460 g/mol. The molecule has 0 unspecified atom stereocenters. The first-order valence-electron chi connectivity index (χ1n) is 5.03. The van der Waals surface area contributed by atoms with Crippen LogP contribution in [0.15, 0.2) is 18.3 Å². The van der Waals surface area contributed by atoms with Crippen molar-refractivity contribution in [2.75, 3.05) is 0 Å². The number of hydrogen-bond acceptors (Lipinski definition) is 1. The molecule has 0 bridgehead atoms. The second kappa shape index (κ2) is 32.8. The predicted octanol–water partition coefficient (Wildman–Crippen LogP) is 4.29. The fourth-order valence-corrected chi connectivity index (χ4v) is 0.358. The van der Waals surface area contributed by atoms with Gasteiger partial charge < -0.3 is 22.9 Å². The maximum absolute atomic E-state index is 3.84. The summed E-state index contributed by atoms with van der Waals surface area (Å²) in [6.45, 7) is 16.1. The summed E-state index contributed by atoms with van der Waals surface area (Å²) in [5, 5.41) is 0. The van der Waals surface area contributed by atoms with Crippen LogP contribution in [0.4, 0.5) is 0 Å². The molecular formula is C14H23NV5. The normalized spacial score (nSPS) is 6.60. The topological polar surface area (TPSA) is 12.9 Å². The second-order valence-electron chi connectivity index (χ2n) is 4.25. The molecule has 0 fully saturated rings. The summed E-state index contributed by atoms with van der Waals surface area (Å²) in [6, 6.07) is 6.32. The largest absolute Gasteiger partial charge is 2.00 e. The fourth-order valence-electron chi connectivity index (χ4n) is 0.358. The van der Waals surface area contributed by atoms with E-state index in [4.69, 9.17) is 0 Å². The molecule has 1 rings (SSSR count). The first-order chi connectivity index (χ1) is 6.86. The van der Waals surface area contributed by atoms with Crippen molar-refractivity contribution in [3.05, 3.63) is 48.8 Å². The Hall–Kier alpha value is 1.94. The van der Waals surface area contributed by atoms with E-state index in [1.54, 1.807) is 18.3 Å². The van der Waals surface area contributed by atoms with E-state index >= 15 is 0 Å². The van der Waals surface area contributed by atoms with Gasteiger partial charge in [0.05, 0.1) is 0 Å². The van der Waals surface area contributed by atoms with Crippen molar-refractivity contribution in [2.24, 2.45) is 0 Å². The van der Waals surface area contributed by atoms with Crippen LogP contribution in [0.2, 0.25) is 0 Å². The van der Waals surface area contributed by atoms with Crippen molar-refractivity contribution < 1.29 is 92.8 Å². The van der Waals surface area contributed by atoms with Crippen molar-refractivity contribution in [1.82, 2.24) is 4.98 Å². The van der Waals surface area contributed by atoms with E-state index in [2.05, 4.69) is 59.5 Å². The van der Waals surface area contributed by atoms with Crippen LogP contribution in [-0.2, 0) is 92.8 Å². The molecule has 1 heterocycles. The fraction of sp³-hybridized carbons (Fsp3) is 0.429. The van der Waals surface area contributed by atoms with Crippen LogP contribution in [0.1, 0.15) is 47.2 Å². The van der Waals surface area contributed by atoms with Gasteiger partial charge in [0.1, 0.15) is 0 Å². The Morgan fingerprint density at radius 1 is 0.900 bits per heavy atom. The molecule has 6 heteroatoms. The van der Waals surface area contributed by atoms with Crippen LogP contribution in [0.25, 0.3) is 0 Å². The molecule has 0 aliphatic heterocycles. The number of pyridine rings is 1. The zero-order valence-electron chi connectivity index (χ0n) is 13.1. The number of nitrogens with zero attached hydrogens (tertiary/aromatic N) is 1. The predicted molar refractivity (Wildman–Crippen MR) is 68.1 cm³/mol. The summed E-state index contributed by atoms with van der Waals surface area (Å²) in [6.07, 6.45) is 1.67. The molecule has 0 amide bonds. The molecule has 5 radical (unpaired) electrons. The van der Waals surface area contributed by atoms with Crippen molar-refractivity contribution in [2.45, 2.75) is 41.5 Å². The van der Waals surface area contributed by atoms with Crippen LogP contribution >= 0.6 is 0 Å². The van der Waals surface area contributed by atoms with Gasteiger partial charge in [-0.25, -0.2) is 5.69 Å². The molecule has 0 aliphatic carbocycles. The third-order valence-electron chi connectivity index (χ3n) is 0.661. The van der Waals surface area contributed by atoms with E-state index in [9.17, 15) is 0 Å². The molecule has 0 atom stereocenters. The second-order valence-corrected chi connectivity index (χ2v) is 4.25. The molecule has 0 aromatic carbocycles.